The summed E-state index contributed by atoms with van der Waals surface area (Å²) in [5, 5.41) is 30.4. The van der Waals surface area contributed by atoms with E-state index in [9.17, 15) is 10.5 Å². The second kappa shape index (κ2) is 6.70. The Balaban J connectivity index is 2.14. The van der Waals surface area contributed by atoms with Crippen molar-refractivity contribution in [3.8, 4) is 18.0 Å². The van der Waals surface area contributed by atoms with Crippen LogP contribution in [0.25, 0.3) is 10.9 Å². The van der Waals surface area contributed by atoms with Crippen LogP contribution in [0.1, 0.15) is 38.7 Å². The van der Waals surface area contributed by atoms with Crippen LogP contribution in [-0.4, -0.2) is 16.8 Å². The Morgan fingerprint density at radius 3 is 2.44 bits per heavy atom. The van der Waals surface area contributed by atoms with E-state index in [0.29, 0.717) is 23.6 Å². The maximum absolute atomic E-state index is 9.61. The fraction of sp³-hybridized carbons (Fsp3) is 0.316. The van der Waals surface area contributed by atoms with Gasteiger partial charge in [-0.05, 0) is 38.0 Å². The van der Waals surface area contributed by atoms with Crippen molar-refractivity contribution in [2.75, 3.05) is 6.61 Å². The Bertz CT molecular complexity index is 932. The normalized spacial score (nSPS) is 15.1. The zero-order chi connectivity index (χ0) is 18.0. The first-order valence-electron chi connectivity index (χ1n) is 8.20. The fourth-order valence-electron chi connectivity index (χ4n) is 3.12. The van der Waals surface area contributed by atoms with Gasteiger partial charge in [0.05, 0.1) is 46.7 Å². The molecule has 6 nitrogen and oxygen atoms in total. The number of fused-ring (bicyclic) bond motifs is 1. The van der Waals surface area contributed by atoms with Crippen molar-refractivity contribution >= 4 is 10.9 Å². The van der Waals surface area contributed by atoms with E-state index in [-0.39, 0.29) is 5.92 Å². The highest BCUT2D eigenvalue weighted by Gasteiger charge is 2.29. The molecule has 0 spiro atoms. The van der Waals surface area contributed by atoms with Crippen LogP contribution >= 0.6 is 0 Å². The molecular formula is C19H19N5O. The van der Waals surface area contributed by atoms with Gasteiger partial charge in [-0.15, -0.1) is 5.10 Å². The average molecular weight is 333 g/mol. The lowest BCUT2D eigenvalue weighted by Crippen LogP contribution is -2.23. The van der Waals surface area contributed by atoms with Crippen LogP contribution in [0, 0.1) is 22.7 Å². The predicted molar refractivity (Wildman–Crippen MR) is 94.4 cm³/mol. The van der Waals surface area contributed by atoms with Gasteiger partial charge in [0.25, 0.3) is 0 Å². The summed E-state index contributed by atoms with van der Waals surface area (Å²) in [7, 11) is 0. The second-order valence-electron chi connectivity index (χ2n) is 6.04. The Hall–Kier alpha value is -3.25. The summed E-state index contributed by atoms with van der Waals surface area (Å²) in [5.74, 6) is 0.167. The van der Waals surface area contributed by atoms with Crippen LogP contribution in [0.2, 0.25) is 0 Å². The predicted octanol–water partition coefficient (Wildman–Crippen LogP) is 3.63. The summed E-state index contributed by atoms with van der Waals surface area (Å²) < 4.78 is 5.69. The van der Waals surface area contributed by atoms with Gasteiger partial charge in [-0.25, -0.2) is 0 Å². The summed E-state index contributed by atoms with van der Waals surface area (Å²) in [6.45, 7) is 6.34. The first-order valence-corrected chi connectivity index (χ1v) is 8.20. The summed E-state index contributed by atoms with van der Waals surface area (Å²) in [5.41, 5.74) is 4.41. The average Bonchev–Trinajstić information content (AvgIpc) is 3.01. The van der Waals surface area contributed by atoms with Crippen molar-refractivity contribution in [2.45, 2.75) is 33.1 Å². The SMILES string of the molecule is CCCOc1n[nH]c2ccc(C3C(C#N)=C(C)NC(C)=C3C#N)cc12. The van der Waals surface area contributed by atoms with E-state index in [4.69, 9.17) is 4.74 Å². The highest BCUT2D eigenvalue weighted by atomic mass is 16.5. The molecule has 1 aromatic carbocycles. The number of H-pyrrole nitrogens is 1. The summed E-state index contributed by atoms with van der Waals surface area (Å²) in [6.07, 6.45) is 0.892. The van der Waals surface area contributed by atoms with Gasteiger partial charge in [0.2, 0.25) is 5.88 Å². The molecule has 0 bridgehead atoms. The molecule has 1 aliphatic heterocycles. The zero-order valence-electron chi connectivity index (χ0n) is 14.5. The van der Waals surface area contributed by atoms with Gasteiger partial charge in [0.1, 0.15) is 0 Å². The van der Waals surface area contributed by atoms with Crippen LogP contribution < -0.4 is 10.1 Å². The lowest BCUT2D eigenvalue weighted by molar-refractivity contribution is 0.308. The molecule has 1 aliphatic rings. The zero-order valence-corrected chi connectivity index (χ0v) is 14.5. The number of ether oxygens (including phenoxy) is 1. The van der Waals surface area contributed by atoms with Crippen LogP contribution in [-0.2, 0) is 0 Å². The number of nitrogens with one attached hydrogen (secondary N) is 2. The third-order valence-corrected chi connectivity index (χ3v) is 4.33. The van der Waals surface area contributed by atoms with Gasteiger partial charge in [0, 0.05) is 11.4 Å². The van der Waals surface area contributed by atoms with Crippen molar-refractivity contribution in [2.24, 2.45) is 0 Å². The van der Waals surface area contributed by atoms with Gasteiger partial charge < -0.3 is 10.1 Å². The van der Waals surface area contributed by atoms with E-state index < -0.39 is 0 Å². The summed E-state index contributed by atoms with van der Waals surface area (Å²) >= 11 is 0. The lowest BCUT2D eigenvalue weighted by Gasteiger charge is -2.26. The minimum absolute atomic E-state index is 0.380. The van der Waals surface area contributed by atoms with E-state index in [1.165, 1.54) is 0 Å². The Morgan fingerprint density at radius 1 is 1.16 bits per heavy atom. The topological polar surface area (TPSA) is 97.5 Å². The summed E-state index contributed by atoms with van der Waals surface area (Å²) in [6, 6.07) is 10.3. The molecular weight excluding hydrogens is 314 g/mol. The minimum atomic E-state index is -0.380. The first-order chi connectivity index (χ1) is 12.1. The molecule has 126 valence electrons. The number of allylic oxidation sites excluding steroid dienone is 4. The molecule has 25 heavy (non-hydrogen) atoms. The van der Waals surface area contributed by atoms with E-state index in [1.807, 2.05) is 39.0 Å². The molecule has 0 unspecified atom stereocenters. The van der Waals surface area contributed by atoms with E-state index >= 15 is 0 Å². The molecule has 0 radical (unpaired) electrons. The highest BCUT2D eigenvalue weighted by molar-refractivity contribution is 5.85. The molecule has 0 fully saturated rings. The van der Waals surface area contributed by atoms with Gasteiger partial charge in [0.15, 0.2) is 0 Å². The monoisotopic (exact) mass is 333 g/mol. The van der Waals surface area contributed by atoms with Crippen LogP contribution in [0.5, 0.6) is 5.88 Å². The largest absolute Gasteiger partial charge is 0.476 e. The van der Waals surface area contributed by atoms with E-state index in [1.54, 1.807) is 0 Å². The van der Waals surface area contributed by atoms with Gasteiger partial charge in [-0.1, -0.05) is 13.0 Å². The van der Waals surface area contributed by atoms with Gasteiger partial charge >= 0.3 is 0 Å². The number of hydrogen-bond acceptors (Lipinski definition) is 5. The van der Waals surface area contributed by atoms with Crippen molar-refractivity contribution in [3.63, 3.8) is 0 Å². The minimum Gasteiger partial charge on any atom is -0.476 e. The molecule has 2 heterocycles. The van der Waals surface area contributed by atoms with Crippen molar-refractivity contribution < 1.29 is 4.74 Å². The van der Waals surface area contributed by atoms with E-state index in [0.717, 1.165) is 34.3 Å². The molecule has 2 N–H and O–H groups in total. The molecule has 0 saturated heterocycles. The number of nitrogens with zero attached hydrogens (tertiary/aromatic N) is 3. The van der Waals surface area contributed by atoms with Gasteiger partial charge in [-0.3, -0.25) is 5.10 Å². The maximum atomic E-state index is 9.61. The molecule has 0 atom stereocenters. The van der Waals surface area contributed by atoms with E-state index in [2.05, 4.69) is 27.7 Å². The van der Waals surface area contributed by atoms with Crippen molar-refractivity contribution in [1.29, 1.82) is 10.5 Å². The van der Waals surface area contributed by atoms with Crippen LogP contribution in [0.4, 0.5) is 0 Å². The molecule has 6 heteroatoms. The number of rotatable bonds is 4. The molecule has 0 saturated carbocycles. The summed E-state index contributed by atoms with van der Waals surface area (Å²) in [4.78, 5) is 0. The van der Waals surface area contributed by atoms with Crippen LogP contribution in [0.3, 0.4) is 0 Å². The number of hydrogen-bond donors (Lipinski definition) is 2. The van der Waals surface area contributed by atoms with Crippen molar-refractivity contribution in [3.05, 3.63) is 46.3 Å². The molecule has 0 amide bonds. The van der Waals surface area contributed by atoms with Crippen molar-refractivity contribution in [1.82, 2.24) is 15.5 Å². The third-order valence-electron chi connectivity index (χ3n) is 4.33. The number of aromatic nitrogens is 2. The quantitative estimate of drug-likeness (QED) is 0.890. The highest BCUT2D eigenvalue weighted by Crippen LogP contribution is 2.38. The standard InChI is InChI=1S/C19H19N5O/c1-4-7-25-19-14-8-13(5-6-17(14)23-24-19)18-15(9-20)11(2)22-12(3)16(18)10-21/h5-6,8,18,22H,4,7H2,1-3H3,(H,23,24). The molecule has 0 aliphatic carbocycles. The fourth-order valence-corrected chi connectivity index (χ4v) is 3.12. The number of aromatic amines is 1. The molecule has 2 aromatic rings. The number of benzene rings is 1. The smallest absolute Gasteiger partial charge is 0.240 e. The Morgan fingerprint density at radius 2 is 1.84 bits per heavy atom. The number of dihydropyridines is 1. The first kappa shape index (κ1) is 16.6. The third kappa shape index (κ3) is 2.83. The molecule has 3 rings (SSSR count). The van der Waals surface area contributed by atoms with Crippen LogP contribution in [0.15, 0.2) is 40.7 Å². The Kier molecular flexibility index (Phi) is 4.45. The maximum Gasteiger partial charge on any atom is 0.240 e. The number of nitriles is 2. The second-order valence-corrected chi connectivity index (χ2v) is 6.04. The Labute approximate surface area is 146 Å². The lowest BCUT2D eigenvalue weighted by atomic mass is 9.81. The molecule has 1 aromatic heterocycles. The van der Waals surface area contributed by atoms with Gasteiger partial charge in [-0.2, -0.15) is 10.5 Å².